The topological polar surface area (TPSA) is 237 Å². The fraction of sp³-hybridized carbons (Fsp3) is 0.929. The number of esters is 4. The molecule has 3 N–H and O–H groups in total. The summed E-state index contributed by atoms with van der Waals surface area (Å²) in [5, 5.41) is 10.5. The van der Waals surface area contributed by atoms with Crippen LogP contribution in [0.25, 0.3) is 0 Å². The molecule has 444 valence electrons. The molecule has 0 aliphatic carbocycles. The largest absolute Gasteiger partial charge is 0.472 e. The Morgan fingerprint density at radius 1 is 0.373 bits per heavy atom. The van der Waals surface area contributed by atoms with E-state index in [1.165, 1.54) is 89.9 Å². The van der Waals surface area contributed by atoms with Crippen LogP contribution in [0, 0.1) is 5.92 Å². The minimum atomic E-state index is -4.93. The van der Waals surface area contributed by atoms with Gasteiger partial charge in [0.15, 0.2) is 12.2 Å². The molecular formula is C56H108O17P2. The van der Waals surface area contributed by atoms with Gasteiger partial charge in [-0.15, -0.1) is 0 Å². The summed E-state index contributed by atoms with van der Waals surface area (Å²) in [7, 11) is -9.86. The van der Waals surface area contributed by atoms with E-state index in [4.69, 9.17) is 37.0 Å². The Hall–Kier alpha value is -1.94. The summed E-state index contributed by atoms with van der Waals surface area (Å²) in [6.07, 6.45) is 31.0. The van der Waals surface area contributed by atoms with Gasteiger partial charge in [0, 0.05) is 25.7 Å². The lowest BCUT2D eigenvalue weighted by Gasteiger charge is -2.21. The zero-order chi connectivity index (χ0) is 55.7. The summed E-state index contributed by atoms with van der Waals surface area (Å²) in [5.41, 5.74) is 0. The minimum Gasteiger partial charge on any atom is -0.462 e. The zero-order valence-corrected chi connectivity index (χ0v) is 49.5. The Morgan fingerprint density at radius 2 is 0.640 bits per heavy atom. The van der Waals surface area contributed by atoms with E-state index in [-0.39, 0.29) is 25.7 Å². The molecule has 0 aromatic heterocycles. The van der Waals surface area contributed by atoms with Crippen molar-refractivity contribution in [3.63, 3.8) is 0 Å². The number of aliphatic hydroxyl groups is 1. The Balaban J connectivity index is 5.19. The standard InChI is InChI=1S/C56H108O17P2/c1-6-10-13-16-18-20-25-30-35-40-54(59)67-46-52(73-56(61)42-37-32-27-23-22-24-29-33-38-49(5)9-4)48-71-75(64,65)69-44-50(57)43-68-74(62,63)70-47-51(45-66-53(58)39-34-28-15-12-8-3)72-55(60)41-36-31-26-21-19-17-14-11-7-2/h49-52,57H,6-48H2,1-5H3,(H,62,63)(H,64,65)/t49?,50-,51+,52+/m0/s1. The molecule has 0 bridgehead atoms. The third-order valence-electron chi connectivity index (χ3n) is 13.1. The van der Waals surface area contributed by atoms with Gasteiger partial charge in [0.2, 0.25) is 0 Å². The van der Waals surface area contributed by atoms with Crippen LogP contribution in [0.2, 0.25) is 0 Å². The number of carbonyl (C=O) groups excluding carboxylic acids is 4. The van der Waals surface area contributed by atoms with Crippen molar-refractivity contribution in [1.29, 1.82) is 0 Å². The average Bonchev–Trinajstić information content (AvgIpc) is 3.38. The molecular weight excluding hydrogens is 1010 g/mol. The van der Waals surface area contributed by atoms with Gasteiger partial charge in [-0.05, 0) is 31.6 Å². The van der Waals surface area contributed by atoms with Crippen LogP contribution < -0.4 is 0 Å². The molecule has 75 heavy (non-hydrogen) atoms. The number of hydrogen-bond acceptors (Lipinski definition) is 15. The number of ether oxygens (including phenoxy) is 4. The maximum Gasteiger partial charge on any atom is 0.472 e. The van der Waals surface area contributed by atoms with Gasteiger partial charge in [-0.3, -0.25) is 37.3 Å². The van der Waals surface area contributed by atoms with Crippen LogP contribution in [0.1, 0.15) is 272 Å². The molecule has 0 fully saturated rings. The molecule has 0 spiro atoms. The Labute approximate surface area is 454 Å². The van der Waals surface area contributed by atoms with Crippen molar-refractivity contribution in [2.45, 2.75) is 291 Å². The summed E-state index contributed by atoms with van der Waals surface area (Å²) in [5.74, 6) is -1.39. The third kappa shape index (κ3) is 50.1. The van der Waals surface area contributed by atoms with Crippen LogP contribution in [0.3, 0.4) is 0 Å². The van der Waals surface area contributed by atoms with E-state index in [9.17, 15) is 43.2 Å². The highest BCUT2D eigenvalue weighted by molar-refractivity contribution is 7.47. The molecule has 0 aliphatic rings. The first kappa shape index (κ1) is 73.1. The van der Waals surface area contributed by atoms with Gasteiger partial charge in [0.1, 0.15) is 19.3 Å². The van der Waals surface area contributed by atoms with Gasteiger partial charge in [-0.1, -0.05) is 221 Å². The molecule has 0 aromatic rings. The highest BCUT2D eigenvalue weighted by Gasteiger charge is 2.30. The van der Waals surface area contributed by atoms with E-state index in [2.05, 4.69) is 34.6 Å². The van der Waals surface area contributed by atoms with E-state index in [1.54, 1.807) is 0 Å². The van der Waals surface area contributed by atoms with Gasteiger partial charge < -0.3 is 33.8 Å². The van der Waals surface area contributed by atoms with Crippen molar-refractivity contribution in [2.24, 2.45) is 5.92 Å². The number of rotatable bonds is 56. The van der Waals surface area contributed by atoms with Crippen molar-refractivity contribution in [3.05, 3.63) is 0 Å². The first-order valence-electron chi connectivity index (χ1n) is 29.7. The van der Waals surface area contributed by atoms with Crippen LogP contribution >= 0.6 is 15.6 Å². The Kier molecular flexibility index (Phi) is 49.0. The van der Waals surface area contributed by atoms with Crippen molar-refractivity contribution in [2.75, 3.05) is 39.6 Å². The normalized spacial score (nSPS) is 14.8. The zero-order valence-electron chi connectivity index (χ0n) is 47.7. The van der Waals surface area contributed by atoms with E-state index < -0.39 is 97.5 Å². The van der Waals surface area contributed by atoms with Crippen LogP contribution in [0.4, 0.5) is 0 Å². The molecule has 6 atom stereocenters. The molecule has 0 saturated carbocycles. The molecule has 0 rings (SSSR count). The number of unbranched alkanes of at least 4 members (excludes halogenated alkanes) is 27. The molecule has 3 unspecified atom stereocenters. The molecule has 19 heteroatoms. The second kappa shape index (κ2) is 50.3. The number of carbonyl (C=O) groups is 4. The third-order valence-corrected chi connectivity index (χ3v) is 15.0. The smallest absolute Gasteiger partial charge is 0.462 e. The fourth-order valence-electron chi connectivity index (χ4n) is 8.14. The number of phosphoric acid groups is 2. The molecule has 17 nitrogen and oxygen atoms in total. The quantitative estimate of drug-likeness (QED) is 0.0222. The van der Waals surface area contributed by atoms with Gasteiger partial charge >= 0.3 is 39.5 Å². The molecule has 0 amide bonds. The number of phosphoric ester groups is 2. The second-order valence-electron chi connectivity index (χ2n) is 20.6. The summed E-state index contributed by atoms with van der Waals surface area (Å²) in [4.78, 5) is 71.5. The monoisotopic (exact) mass is 1110 g/mol. The van der Waals surface area contributed by atoms with E-state index >= 15 is 0 Å². The fourth-order valence-corrected chi connectivity index (χ4v) is 9.71. The van der Waals surface area contributed by atoms with Gasteiger partial charge in [-0.2, -0.15) is 0 Å². The Morgan fingerprint density at radius 3 is 0.947 bits per heavy atom. The number of aliphatic hydroxyl groups excluding tert-OH is 1. The number of hydrogen-bond donors (Lipinski definition) is 3. The Bertz CT molecular complexity index is 1490. The molecule has 0 saturated heterocycles. The predicted molar refractivity (Wildman–Crippen MR) is 294 cm³/mol. The summed E-state index contributed by atoms with van der Waals surface area (Å²) >= 11 is 0. The first-order valence-corrected chi connectivity index (χ1v) is 32.7. The second-order valence-corrected chi connectivity index (χ2v) is 23.5. The summed E-state index contributed by atoms with van der Waals surface area (Å²) < 4.78 is 67.4. The molecule has 0 aromatic carbocycles. The van der Waals surface area contributed by atoms with E-state index in [1.807, 2.05) is 0 Å². The highest BCUT2D eigenvalue weighted by atomic mass is 31.2. The minimum absolute atomic E-state index is 0.105. The molecule has 0 aliphatic heterocycles. The van der Waals surface area contributed by atoms with Gasteiger partial charge in [0.05, 0.1) is 26.4 Å². The maximum absolute atomic E-state index is 12.9. The average molecular weight is 1120 g/mol. The van der Waals surface area contributed by atoms with Crippen LogP contribution in [-0.2, 0) is 65.4 Å². The van der Waals surface area contributed by atoms with Gasteiger partial charge in [0.25, 0.3) is 0 Å². The first-order chi connectivity index (χ1) is 36.1. The maximum atomic E-state index is 12.9. The SMILES string of the molecule is CCCCCCCCCCCC(=O)OC[C@H](COP(=O)(O)OC[C@@H](O)COP(=O)(O)OC[C@@H](COC(=O)CCCCCCC)OC(=O)CCCCCCCCCCC)OC(=O)CCCCCCCCCCC(C)CC. The lowest BCUT2D eigenvalue weighted by Crippen LogP contribution is -2.30. The molecule has 0 radical (unpaired) electrons. The van der Waals surface area contributed by atoms with Crippen LogP contribution in [-0.4, -0.2) is 96.7 Å². The predicted octanol–water partition coefficient (Wildman–Crippen LogP) is 14.7. The van der Waals surface area contributed by atoms with Crippen molar-refractivity contribution in [3.8, 4) is 0 Å². The molecule has 0 heterocycles. The van der Waals surface area contributed by atoms with Gasteiger partial charge in [-0.25, -0.2) is 9.13 Å². The van der Waals surface area contributed by atoms with Crippen LogP contribution in [0.5, 0.6) is 0 Å². The lowest BCUT2D eigenvalue weighted by atomic mass is 9.99. The lowest BCUT2D eigenvalue weighted by molar-refractivity contribution is -0.161. The van der Waals surface area contributed by atoms with Crippen molar-refractivity contribution >= 4 is 39.5 Å². The van der Waals surface area contributed by atoms with E-state index in [0.717, 1.165) is 102 Å². The van der Waals surface area contributed by atoms with Crippen molar-refractivity contribution < 1.29 is 80.2 Å². The van der Waals surface area contributed by atoms with Crippen molar-refractivity contribution in [1.82, 2.24) is 0 Å². The van der Waals surface area contributed by atoms with Crippen LogP contribution in [0.15, 0.2) is 0 Å². The highest BCUT2D eigenvalue weighted by Crippen LogP contribution is 2.45. The summed E-state index contributed by atoms with van der Waals surface area (Å²) in [6.45, 7) is 7.01. The summed E-state index contributed by atoms with van der Waals surface area (Å²) in [6, 6.07) is 0. The van der Waals surface area contributed by atoms with E-state index in [0.29, 0.717) is 25.7 Å².